The van der Waals surface area contributed by atoms with E-state index in [0.29, 0.717) is 12.0 Å². The number of hydrogen-bond acceptors (Lipinski definition) is 3. The average Bonchev–Trinajstić information content (AvgIpc) is 2.72. The molecule has 0 bridgehead atoms. The van der Waals surface area contributed by atoms with Crippen LogP contribution in [0.15, 0.2) is 24.3 Å². The van der Waals surface area contributed by atoms with Gasteiger partial charge in [0.25, 0.3) is 0 Å². The lowest BCUT2D eigenvalue weighted by molar-refractivity contribution is -0.135. The second-order valence-corrected chi connectivity index (χ2v) is 6.53. The smallest absolute Gasteiger partial charge is 0.248 e. The van der Waals surface area contributed by atoms with E-state index < -0.39 is 0 Å². The first-order chi connectivity index (χ1) is 11.0. The van der Waals surface area contributed by atoms with Crippen molar-refractivity contribution in [3.05, 3.63) is 35.6 Å². The molecule has 0 saturated carbocycles. The molecule has 0 unspecified atom stereocenters. The Kier molecular flexibility index (Phi) is 6.54. The van der Waals surface area contributed by atoms with E-state index in [4.69, 9.17) is 4.74 Å². The third-order valence-electron chi connectivity index (χ3n) is 4.44. The topological polar surface area (TPSA) is 32.8 Å². The zero-order valence-corrected chi connectivity index (χ0v) is 14.3. The van der Waals surface area contributed by atoms with Crippen LogP contribution in [0.3, 0.4) is 0 Å². The van der Waals surface area contributed by atoms with Gasteiger partial charge in [0, 0.05) is 39.3 Å². The highest BCUT2D eigenvalue weighted by molar-refractivity contribution is 5.77. The van der Waals surface area contributed by atoms with Crippen molar-refractivity contribution < 1.29 is 13.9 Å². The van der Waals surface area contributed by atoms with Gasteiger partial charge in [0.1, 0.15) is 12.4 Å². The summed E-state index contributed by atoms with van der Waals surface area (Å²) in [7, 11) is 1.55. The number of hydrogen-bond donors (Lipinski definition) is 0. The lowest BCUT2D eigenvalue weighted by atomic mass is 10.0. The van der Waals surface area contributed by atoms with Crippen LogP contribution in [0.5, 0.6) is 0 Å². The van der Waals surface area contributed by atoms with Crippen LogP contribution in [-0.4, -0.2) is 55.1 Å². The van der Waals surface area contributed by atoms with Crippen LogP contribution in [0.4, 0.5) is 4.39 Å². The Balaban J connectivity index is 2.09. The predicted molar refractivity (Wildman–Crippen MR) is 88.5 cm³/mol. The normalized spacial score (nSPS) is 19.9. The number of halogens is 1. The molecule has 23 heavy (non-hydrogen) atoms. The minimum atomic E-state index is -0.207. The molecule has 1 aliphatic heterocycles. The Bertz CT molecular complexity index is 504. The van der Waals surface area contributed by atoms with Crippen LogP contribution in [0.1, 0.15) is 25.8 Å². The molecule has 1 fully saturated rings. The second-order valence-electron chi connectivity index (χ2n) is 6.53. The van der Waals surface area contributed by atoms with E-state index in [2.05, 4.69) is 18.7 Å². The molecule has 1 atom stereocenters. The Morgan fingerprint density at radius 2 is 2.00 bits per heavy atom. The summed E-state index contributed by atoms with van der Waals surface area (Å²) < 4.78 is 18.1. The van der Waals surface area contributed by atoms with Crippen LogP contribution in [0.2, 0.25) is 0 Å². The fourth-order valence-corrected chi connectivity index (χ4v) is 3.16. The Hall–Kier alpha value is -1.46. The quantitative estimate of drug-likeness (QED) is 0.835. The number of methoxy groups -OCH3 is 1. The molecule has 1 aliphatic rings. The van der Waals surface area contributed by atoms with Crippen LogP contribution < -0.4 is 0 Å². The summed E-state index contributed by atoms with van der Waals surface area (Å²) in [5.74, 6) is 0.287. The van der Waals surface area contributed by atoms with Crippen LogP contribution >= 0.6 is 0 Å². The van der Waals surface area contributed by atoms with E-state index in [9.17, 15) is 9.18 Å². The summed E-state index contributed by atoms with van der Waals surface area (Å²) >= 11 is 0. The largest absolute Gasteiger partial charge is 0.375 e. The van der Waals surface area contributed by atoms with Crippen LogP contribution in [-0.2, 0) is 16.1 Å². The Labute approximate surface area is 138 Å². The van der Waals surface area contributed by atoms with Gasteiger partial charge in [0.05, 0.1) is 0 Å². The number of amides is 1. The van der Waals surface area contributed by atoms with Crippen molar-refractivity contribution in [1.82, 2.24) is 9.80 Å². The van der Waals surface area contributed by atoms with Crippen molar-refractivity contribution in [3.63, 3.8) is 0 Å². The molecule has 1 aromatic rings. The predicted octanol–water partition coefficient (Wildman–Crippen LogP) is 2.53. The van der Waals surface area contributed by atoms with E-state index in [1.54, 1.807) is 7.11 Å². The molecule has 0 aromatic heterocycles. The first-order valence-electron chi connectivity index (χ1n) is 8.26. The lowest BCUT2D eigenvalue weighted by Crippen LogP contribution is -2.46. The maximum atomic E-state index is 13.1. The van der Waals surface area contributed by atoms with E-state index in [1.165, 1.54) is 12.1 Å². The first-order valence-corrected chi connectivity index (χ1v) is 8.26. The van der Waals surface area contributed by atoms with E-state index >= 15 is 0 Å². The van der Waals surface area contributed by atoms with Crippen LogP contribution in [0, 0.1) is 11.7 Å². The molecule has 2 rings (SSSR count). The van der Waals surface area contributed by atoms with Crippen LogP contribution in [0.25, 0.3) is 0 Å². The van der Waals surface area contributed by atoms with Gasteiger partial charge >= 0.3 is 0 Å². The Morgan fingerprint density at radius 3 is 2.61 bits per heavy atom. The van der Waals surface area contributed by atoms with Crippen molar-refractivity contribution in [3.8, 4) is 0 Å². The van der Waals surface area contributed by atoms with Crippen molar-refractivity contribution in [2.75, 3.05) is 33.4 Å². The second kappa shape index (κ2) is 8.41. The van der Waals surface area contributed by atoms with Crippen molar-refractivity contribution in [2.45, 2.75) is 32.9 Å². The van der Waals surface area contributed by atoms with Gasteiger partial charge in [-0.2, -0.15) is 0 Å². The minimum Gasteiger partial charge on any atom is -0.375 e. The summed E-state index contributed by atoms with van der Waals surface area (Å²) in [5.41, 5.74) is 1.11. The standard InChI is InChI=1S/C18H27FN2O2/c1-14(2)17-12-21(18(22)13-23-3)10-4-9-20(17)11-15-5-7-16(19)8-6-15/h5-8,14,17H,4,9-13H2,1-3H3/t17-/m1/s1. The zero-order chi connectivity index (χ0) is 16.8. The minimum absolute atomic E-state index is 0.0572. The molecule has 0 aliphatic carbocycles. The fourth-order valence-electron chi connectivity index (χ4n) is 3.16. The number of carbonyl (C=O) groups excluding carboxylic acids is 1. The van der Waals surface area contributed by atoms with Gasteiger partial charge in [0.2, 0.25) is 5.91 Å². The number of rotatable bonds is 5. The van der Waals surface area contributed by atoms with Crippen molar-refractivity contribution >= 4 is 5.91 Å². The highest BCUT2D eigenvalue weighted by Gasteiger charge is 2.29. The molecule has 5 heteroatoms. The van der Waals surface area contributed by atoms with Crippen molar-refractivity contribution in [1.29, 1.82) is 0 Å². The van der Waals surface area contributed by atoms with Gasteiger partial charge in [-0.05, 0) is 30.0 Å². The molecule has 1 heterocycles. The summed E-state index contributed by atoms with van der Waals surface area (Å²) in [5, 5.41) is 0. The molecular formula is C18H27FN2O2. The zero-order valence-electron chi connectivity index (χ0n) is 14.3. The first kappa shape index (κ1) is 17.9. The van der Waals surface area contributed by atoms with Gasteiger partial charge in [-0.15, -0.1) is 0 Å². The van der Waals surface area contributed by atoms with E-state index in [1.807, 2.05) is 17.0 Å². The molecule has 1 amide bonds. The molecule has 0 N–H and O–H groups in total. The van der Waals surface area contributed by atoms with Gasteiger partial charge in [-0.1, -0.05) is 26.0 Å². The SMILES string of the molecule is COCC(=O)N1CCCN(Cc2ccc(F)cc2)[C@@H](C(C)C)C1. The average molecular weight is 322 g/mol. The molecular weight excluding hydrogens is 295 g/mol. The number of nitrogens with zero attached hydrogens (tertiary/aromatic N) is 2. The number of ether oxygens (including phenoxy) is 1. The van der Waals surface area contributed by atoms with Gasteiger partial charge in [-0.25, -0.2) is 4.39 Å². The molecule has 1 saturated heterocycles. The number of carbonyl (C=O) groups is 1. The maximum absolute atomic E-state index is 13.1. The van der Waals surface area contributed by atoms with E-state index in [-0.39, 0.29) is 18.3 Å². The summed E-state index contributed by atoms with van der Waals surface area (Å²) in [4.78, 5) is 16.5. The van der Waals surface area contributed by atoms with Gasteiger partial charge in [-0.3, -0.25) is 9.69 Å². The monoisotopic (exact) mass is 322 g/mol. The molecule has 4 nitrogen and oxygen atoms in total. The molecule has 1 aromatic carbocycles. The van der Waals surface area contributed by atoms with Gasteiger partial charge < -0.3 is 9.64 Å². The molecule has 0 radical (unpaired) electrons. The van der Waals surface area contributed by atoms with Crippen molar-refractivity contribution in [2.24, 2.45) is 5.92 Å². The molecule has 128 valence electrons. The summed E-state index contributed by atoms with van der Waals surface area (Å²) in [6.07, 6.45) is 0.944. The Morgan fingerprint density at radius 1 is 1.30 bits per heavy atom. The maximum Gasteiger partial charge on any atom is 0.248 e. The molecule has 0 spiro atoms. The third-order valence-corrected chi connectivity index (χ3v) is 4.44. The van der Waals surface area contributed by atoms with E-state index in [0.717, 1.165) is 38.2 Å². The fraction of sp³-hybridized carbons (Fsp3) is 0.611. The summed E-state index contributed by atoms with van der Waals surface area (Å²) in [6.45, 7) is 7.74. The highest BCUT2D eigenvalue weighted by Crippen LogP contribution is 2.20. The highest BCUT2D eigenvalue weighted by atomic mass is 19.1. The third kappa shape index (κ3) is 5.01. The summed E-state index contributed by atoms with van der Waals surface area (Å²) in [6, 6.07) is 6.98. The lowest BCUT2D eigenvalue weighted by Gasteiger charge is -2.34. The van der Waals surface area contributed by atoms with Gasteiger partial charge in [0.15, 0.2) is 0 Å². The number of benzene rings is 1.